The summed E-state index contributed by atoms with van der Waals surface area (Å²) in [5.74, 6) is 0. The number of hydrogen-bond donors (Lipinski definition) is 2. The molecule has 0 aromatic heterocycles. The molecule has 0 aromatic carbocycles. The van der Waals surface area contributed by atoms with Crippen LogP contribution < -0.4 is 11.1 Å². The molecule has 2 fully saturated rings. The molecule has 4 heteroatoms. The molecule has 2 rings (SSSR count). The second kappa shape index (κ2) is 5.55. The van der Waals surface area contributed by atoms with E-state index in [-0.39, 0.29) is 17.0 Å². The Labute approximate surface area is 122 Å². The highest BCUT2D eigenvalue weighted by molar-refractivity contribution is 5.68. The van der Waals surface area contributed by atoms with Crippen molar-refractivity contribution in [2.75, 3.05) is 6.54 Å². The summed E-state index contributed by atoms with van der Waals surface area (Å²) in [7, 11) is 0. The summed E-state index contributed by atoms with van der Waals surface area (Å²) < 4.78 is 5.45. The zero-order valence-electron chi connectivity index (χ0n) is 13.3. The monoisotopic (exact) mass is 282 g/mol. The molecule has 4 nitrogen and oxygen atoms in total. The molecule has 0 bridgehead atoms. The SMILES string of the molecule is CC(C)(C)OC(=O)NC1(CC2(CN)CC2)CCCCC1. The minimum Gasteiger partial charge on any atom is -0.444 e. The number of hydrogen-bond acceptors (Lipinski definition) is 3. The van der Waals surface area contributed by atoms with E-state index in [0.29, 0.717) is 0 Å². The maximum Gasteiger partial charge on any atom is 0.408 e. The van der Waals surface area contributed by atoms with E-state index in [1.807, 2.05) is 20.8 Å². The van der Waals surface area contributed by atoms with Crippen LogP contribution in [0.4, 0.5) is 4.79 Å². The van der Waals surface area contributed by atoms with Crippen molar-refractivity contribution in [3.05, 3.63) is 0 Å². The molecule has 2 aliphatic rings. The van der Waals surface area contributed by atoms with Crippen molar-refractivity contribution < 1.29 is 9.53 Å². The molecule has 0 aliphatic heterocycles. The number of nitrogens with two attached hydrogens (primary N) is 1. The lowest BCUT2D eigenvalue weighted by Gasteiger charge is -2.41. The minimum atomic E-state index is -0.439. The van der Waals surface area contributed by atoms with Gasteiger partial charge in [0.2, 0.25) is 0 Å². The topological polar surface area (TPSA) is 64.3 Å². The van der Waals surface area contributed by atoms with E-state index in [4.69, 9.17) is 10.5 Å². The van der Waals surface area contributed by atoms with E-state index in [9.17, 15) is 4.79 Å². The van der Waals surface area contributed by atoms with E-state index in [0.717, 1.165) is 25.8 Å². The summed E-state index contributed by atoms with van der Waals surface area (Å²) in [5.41, 5.74) is 5.69. The highest BCUT2D eigenvalue weighted by Crippen LogP contribution is 2.52. The van der Waals surface area contributed by atoms with Crippen LogP contribution in [0.1, 0.15) is 72.1 Å². The zero-order valence-corrected chi connectivity index (χ0v) is 13.3. The lowest BCUT2D eigenvalue weighted by Crippen LogP contribution is -2.53. The van der Waals surface area contributed by atoms with Crippen molar-refractivity contribution >= 4 is 6.09 Å². The van der Waals surface area contributed by atoms with Gasteiger partial charge in [-0.15, -0.1) is 0 Å². The quantitative estimate of drug-likeness (QED) is 0.831. The third-order valence-corrected chi connectivity index (χ3v) is 4.68. The Kier molecular flexibility index (Phi) is 4.33. The number of carbonyl (C=O) groups excluding carboxylic acids is 1. The van der Waals surface area contributed by atoms with Gasteiger partial charge in [0.1, 0.15) is 5.60 Å². The Bertz CT molecular complexity index is 350. The molecule has 20 heavy (non-hydrogen) atoms. The number of amides is 1. The summed E-state index contributed by atoms with van der Waals surface area (Å²) in [6, 6.07) is 0. The number of alkyl carbamates (subject to hydrolysis) is 1. The lowest BCUT2D eigenvalue weighted by molar-refractivity contribution is 0.0394. The normalized spacial score (nSPS) is 24.0. The molecule has 0 radical (unpaired) electrons. The molecule has 0 spiro atoms. The first-order valence-electron chi connectivity index (χ1n) is 8.00. The van der Waals surface area contributed by atoms with Crippen LogP contribution in [0.25, 0.3) is 0 Å². The van der Waals surface area contributed by atoms with Gasteiger partial charge < -0.3 is 15.8 Å². The molecule has 1 amide bonds. The maximum atomic E-state index is 12.2. The average molecular weight is 282 g/mol. The van der Waals surface area contributed by atoms with E-state index in [1.165, 1.54) is 32.1 Å². The number of carbonyl (C=O) groups is 1. The molecular formula is C16H30N2O2. The van der Waals surface area contributed by atoms with E-state index in [2.05, 4.69) is 5.32 Å². The first-order chi connectivity index (χ1) is 9.28. The van der Waals surface area contributed by atoms with Gasteiger partial charge in [0.05, 0.1) is 0 Å². The summed E-state index contributed by atoms with van der Waals surface area (Å²) in [4.78, 5) is 12.2. The van der Waals surface area contributed by atoms with Crippen LogP contribution in [0.5, 0.6) is 0 Å². The van der Waals surface area contributed by atoms with Gasteiger partial charge >= 0.3 is 6.09 Å². The molecule has 0 heterocycles. The smallest absolute Gasteiger partial charge is 0.408 e. The standard InChI is InChI=1S/C16H30N2O2/c1-14(2,3)20-13(19)18-16(7-5-4-6-8-16)11-15(12-17)9-10-15/h4-12,17H2,1-3H3,(H,18,19). The van der Waals surface area contributed by atoms with Crippen molar-refractivity contribution in [2.24, 2.45) is 11.1 Å². The molecule has 3 N–H and O–H groups in total. The molecular weight excluding hydrogens is 252 g/mol. The van der Waals surface area contributed by atoms with E-state index >= 15 is 0 Å². The number of rotatable bonds is 4. The lowest BCUT2D eigenvalue weighted by atomic mass is 9.74. The van der Waals surface area contributed by atoms with Crippen molar-refractivity contribution in [1.29, 1.82) is 0 Å². The number of ether oxygens (including phenoxy) is 1. The van der Waals surface area contributed by atoms with Crippen LogP contribution in [-0.2, 0) is 4.74 Å². The van der Waals surface area contributed by atoms with Crippen molar-refractivity contribution in [2.45, 2.75) is 83.3 Å². The van der Waals surface area contributed by atoms with Gasteiger partial charge in [0.25, 0.3) is 0 Å². The fraction of sp³-hybridized carbons (Fsp3) is 0.938. The van der Waals surface area contributed by atoms with Gasteiger partial charge in [-0.05, 0) is 64.8 Å². The van der Waals surface area contributed by atoms with Crippen molar-refractivity contribution in [1.82, 2.24) is 5.32 Å². The Morgan fingerprint density at radius 2 is 1.75 bits per heavy atom. The Hall–Kier alpha value is -0.770. The van der Waals surface area contributed by atoms with Gasteiger partial charge in [-0.3, -0.25) is 0 Å². The predicted octanol–water partition coefficient (Wildman–Crippen LogP) is 3.34. The van der Waals surface area contributed by atoms with Gasteiger partial charge in [-0.25, -0.2) is 4.79 Å². The third-order valence-electron chi connectivity index (χ3n) is 4.68. The first-order valence-corrected chi connectivity index (χ1v) is 8.00. The second-order valence-corrected chi connectivity index (χ2v) is 7.85. The Balaban J connectivity index is 2.01. The fourth-order valence-electron chi connectivity index (χ4n) is 3.44. The van der Waals surface area contributed by atoms with E-state index in [1.54, 1.807) is 0 Å². The maximum absolute atomic E-state index is 12.2. The molecule has 0 aromatic rings. The van der Waals surface area contributed by atoms with Gasteiger partial charge in [0.15, 0.2) is 0 Å². The van der Waals surface area contributed by atoms with Crippen molar-refractivity contribution in [3.8, 4) is 0 Å². The number of nitrogens with one attached hydrogen (secondary N) is 1. The van der Waals surface area contributed by atoms with Crippen LogP contribution in [0.15, 0.2) is 0 Å². The zero-order chi connectivity index (χ0) is 14.9. The Morgan fingerprint density at radius 3 is 2.20 bits per heavy atom. The van der Waals surface area contributed by atoms with Crippen molar-refractivity contribution in [3.63, 3.8) is 0 Å². The van der Waals surface area contributed by atoms with Crippen LogP contribution in [0.3, 0.4) is 0 Å². The van der Waals surface area contributed by atoms with Gasteiger partial charge in [-0.1, -0.05) is 19.3 Å². The van der Waals surface area contributed by atoms with E-state index < -0.39 is 5.60 Å². The summed E-state index contributed by atoms with van der Waals surface area (Å²) in [6.45, 7) is 6.46. The van der Waals surface area contributed by atoms with Crippen LogP contribution in [-0.4, -0.2) is 23.8 Å². The molecule has 0 unspecified atom stereocenters. The van der Waals surface area contributed by atoms with Crippen LogP contribution >= 0.6 is 0 Å². The summed E-state index contributed by atoms with van der Waals surface area (Å²) in [6.07, 6.45) is 8.95. The highest BCUT2D eigenvalue weighted by atomic mass is 16.6. The van der Waals surface area contributed by atoms with Crippen LogP contribution in [0.2, 0.25) is 0 Å². The van der Waals surface area contributed by atoms with Gasteiger partial charge in [-0.2, -0.15) is 0 Å². The predicted molar refractivity (Wildman–Crippen MR) is 80.5 cm³/mol. The third kappa shape index (κ3) is 4.11. The summed E-state index contributed by atoms with van der Waals surface area (Å²) >= 11 is 0. The Morgan fingerprint density at radius 1 is 1.15 bits per heavy atom. The second-order valence-electron chi connectivity index (χ2n) is 7.85. The average Bonchev–Trinajstić information content (AvgIpc) is 3.07. The fourth-order valence-corrected chi connectivity index (χ4v) is 3.44. The molecule has 2 aliphatic carbocycles. The molecule has 2 saturated carbocycles. The molecule has 0 atom stereocenters. The van der Waals surface area contributed by atoms with Crippen LogP contribution in [0, 0.1) is 5.41 Å². The molecule has 116 valence electrons. The summed E-state index contributed by atoms with van der Waals surface area (Å²) in [5, 5.41) is 3.20. The first kappa shape index (κ1) is 15.6. The minimum absolute atomic E-state index is 0.0869. The highest BCUT2D eigenvalue weighted by Gasteiger charge is 2.49. The molecule has 0 saturated heterocycles. The largest absolute Gasteiger partial charge is 0.444 e. The van der Waals surface area contributed by atoms with Gasteiger partial charge in [0, 0.05) is 5.54 Å².